The number of rotatable bonds is 6. The molecule has 1 fully saturated rings. The van der Waals surface area contributed by atoms with E-state index < -0.39 is 5.82 Å². The summed E-state index contributed by atoms with van der Waals surface area (Å²) < 4.78 is 32.7. The Morgan fingerprint density at radius 1 is 1.12 bits per heavy atom. The first-order valence-electron chi connectivity index (χ1n) is 8.71. The normalized spacial score (nSPS) is 16.2. The summed E-state index contributed by atoms with van der Waals surface area (Å²) in [5.41, 5.74) is 1.16. The molecule has 1 aliphatic heterocycles. The van der Waals surface area contributed by atoms with Crippen molar-refractivity contribution >= 4 is 5.91 Å². The first-order chi connectivity index (χ1) is 12.6. The van der Waals surface area contributed by atoms with E-state index in [9.17, 15) is 13.6 Å². The summed E-state index contributed by atoms with van der Waals surface area (Å²) in [6, 6.07) is 12.5. The molecule has 3 rings (SSSR count). The van der Waals surface area contributed by atoms with Crippen molar-refractivity contribution in [3.8, 4) is 0 Å². The second kappa shape index (κ2) is 8.87. The van der Waals surface area contributed by atoms with Crippen LogP contribution in [0.15, 0.2) is 48.5 Å². The molecular weight excluding hydrogens is 338 g/mol. The highest BCUT2D eigenvalue weighted by molar-refractivity contribution is 5.78. The molecule has 1 aliphatic rings. The molecule has 1 saturated heterocycles. The van der Waals surface area contributed by atoms with Gasteiger partial charge in [-0.1, -0.05) is 30.3 Å². The molecule has 0 spiro atoms. The Hall–Kier alpha value is -2.31. The standard InChI is InChI=1S/C20H22F2N2O2/c21-17-6-3-5-16(12-17)19(24-8-10-26-11-9-24)14-23-20(25)13-15-4-1-2-7-18(15)22/h1-7,12,19H,8-11,13-14H2,(H,23,25)/t19-/m1/s1. The summed E-state index contributed by atoms with van der Waals surface area (Å²) in [6.45, 7) is 2.97. The lowest BCUT2D eigenvalue weighted by atomic mass is 10.0. The van der Waals surface area contributed by atoms with E-state index in [2.05, 4.69) is 10.2 Å². The van der Waals surface area contributed by atoms with Gasteiger partial charge in [0.2, 0.25) is 5.91 Å². The van der Waals surface area contributed by atoms with Gasteiger partial charge in [-0.25, -0.2) is 8.78 Å². The second-order valence-corrected chi connectivity index (χ2v) is 6.29. The number of carbonyl (C=O) groups is 1. The number of benzene rings is 2. The Kier molecular flexibility index (Phi) is 6.30. The smallest absolute Gasteiger partial charge is 0.224 e. The van der Waals surface area contributed by atoms with Crippen LogP contribution in [0.5, 0.6) is 0 Å². The van der Waals surface area contributed by atoms with E-state index in [4.69, 9.17) is 4.74 Å². The van der Waals surface area contributed by atoms with Crippen molar-refractivity contribution in [2.45, 2.75) is 12.5 Å². The lowest BCUT2D eigenvalue weighted by Gasteiger charge is -2.35. The maximum atomic E-state index is 13.7. The predicted octanol–water partition coefficient (Wildman–Crippen LogP) is 2.70. The fourth-order valence-electron chi connectivity index (χ4n) is 3.15. The Balaban J connectivity index is 1.67. The van der Waals surface area contributed by atoms with Crippen LogP contribution >= 0.6 is 0 Å². The third kappa shape index (κ3) is 4.86. The minimum Gasteiger partial charge on any atom is -0.379 e. The summed E-state index contributed by atoms with van der Waals surface area (Å²) in [7, 11) is 0. The minimum atomic E-state index is -0.391. The topological polar surface area (TPSA) is 41.6 Å². The molecule has 26 heavy (non-hydrogen) atoms. The quantitative estimate of drug-likeness (QED) is 0.861. The summed E-state index contributed by atoms with van der Waals surface area (Å²) in [4.78, 5) is 14.4. The molecule has 1 amide bonds. The zero-order chi connectivity index (χ0) is 18.4. The maximum absolute atomic E-state index is 13.7. The zero-order valence-corrected chi connectivity index (χ0v) is 14.5. The van der Waals surface area contributed by atoms with Gasteiger partial charge in [0, 0.05) is 19.6 Å². The predicted molar refractivity (Wildman–Crippen MR) is 94.6 cm³/mol. The summed E-state index contributed by atoms with van der Waals surface area (Å²) >= 11 is 0. The van der Waals surface area contributed by atoms with Crippen LogP contribution in [0.3, 0.4) is 0 Å². The molecule has 1 atom stereocenters. The number of hydrogen-bond donors (Lipinski definition) is 1. The van der Waals surface area contributed by atoms with E-state index in [1.165, 1.54) is 18.2 Å². The van der Waals surface area contributed by atoms with Crippen LogP contribution in [-0.2, 0) is 16.0 Å². The molecule has 0 saturated carbocycles. The van der Waals surface area contributed by atoms with E-state index >= 15 is 0 Å². The maximum Gasteiger partial charge on any atom is 0.224 e. The molecule has 1 N–H and O–H groups in total. The first-order valence-corrected chi connectivity index (χ1v) is 8.71. The van der Waals surface area contributed by atoms with Crippen molar-refractivity contribution in [2.24, 2.45) is 0 Å². The van der Waals surface area contributed by atoms with Crippen molar-refractivity contribution in [3.63, 3.8) is 0 Å². The SMILES string of the molecule is O=C(Cc1ccccc1F)NC[C@H](c1cccc(F)c1)N1CCOCC1. The highest BCUT2D eigenvalue weighted by Gasteiger charge is 2.23. The fraction of sp³-hybridized carbons (Fsp3) is 0.350. The summed E-state index contributed by atoms with van der Waals surface area (Å²) in [6.07, 6.45) is -0.0222. The van der Waals surface area contributed by atoms with Gasteiger partial charge in [0.15, 0.2) is 0 Å². The van der Waals surface area contributed by atoms with Gasteiger partial charge < -0.3 is 10.1 Å². The van der Waals surface area contributed by atoms with E-state index in [1.54, 1.807) is 24.3 Å². The molecule has 4 nitrogen and oxygen atoms in total. The van der Waals surface area contributed by atoms with E-state index in [0.717, 1.165) is 5.56 Å². The Morgan fingerprint density at radius 2 is 1.88 bits per heavy atom. The van der Waals surface area contributed by atoms with Gasteiger partial charge in [0.05, 0.1) is 25.7 Å². The molecule has 1 heterocycles. The molecule has 6 heteroatoms. The van der Waals surface area contributed by atoms with Crippen molar-refractivity contribution in [2.75, 3.05) is 32.8 Å². The van der Waals surface area contributed by atoms with Crippen LogP contribution < -0.4 is 5.32 Å². The third-order valence-electron chi connectivity index (χ3n) is 4.52. The van der Waals surface area contributed by atoms with Crippen LogP contribution in [-0.4, -0.2) is 43.7 Å². The van der Waals surface area contributed by atoms with Crippen LogP contribution in [0.1, 0.15) is 17.2 Å². The number of nitrogens with one attached hydrogen (secondary N) is 1. The largest absolute Gasteiger partial charge is 0.379 e. The van der Waals surface area contributed by atoms with Crippen molar-refractivity contribution in [1.29, 1.82) is 0 Å². The van der Waals surface area contributed by atoms with Crippen LogP contribution in [0.25, 0.3) is 0 Å². The second-order valence-electron chi connectivity index (χ2n) is 6.29. The first kappa shape index (κ1) is 18.5. The van der Waals surface area contributed by atoms with Crippen molar-refractivity contribution in [3.05, 3.63) is 71.3 Å². The molecule has 0 bridgehead atoms. The summed E-state index contributed by atoms with van der Waals surface area (Å²) in [5, 5.41) is 2.86. The monoisotopic (exact) mass is 360 g/mol. The van der Waals surface area contributed by atoms with Gasteiger partial charge in [-0.2, -0.15) is 0 Å². The molecule has 138 valence electrons. The lowest BCUT2D eigenvalue weighted by Crippen LogP contribution is -2.44. The highest BCUT2D eigenvalue weighted by atomic mass is 19.1. The number of carbonyl (C=O) groups excluding carboxylic acids is 1. The molecular formula is C20H22F2N2O2. The Morgan fingerprint density at radius 3 is 2.62 bits per heavy atom. The number of ether oxygens (including phenoxy) is 1. The van der Waals surface area contributed by atoms with Gasteiger partial charge >= 0.3 is 0 Å². The number of halogens is 2. The average Bonchev–Trinajstić information content (AvgIpc) is 2.65. The van der Waals surface area contributed by atoms with Crippen LogP contribution in [0.4, 0.5) is 8.78 Å². The number of nitrogens with zero attached hydrogens (tertiary/aromatic N) is 1. The van der Waals surface area contributed by atoms with E-state index in [1.807, 2.05) is 6.07 Å². The molecule has 0 aliphatic carbocycles. The third-order valence-corrected chi connectivity index (χ3v) is 4.52. The van der Waals surface area contributed by atoms with Crippen LogP contribution in [0.2, 0.25) is 0 Å². The molecule has 0 radical (unpaired) electrons. The fourth-order valence-corrected chi connectivity index (χ4v) is 3.15. The van der Waals surface area contributed by atoms with E-state index in [0.29, 0.717) is 38.4 Å². The van der Waals surface area contributed by atoms with Crippen molar-refractivity contribution in [1.82, 2.24) is 10.2 Å². The number of amides is 1. The van der Waals surface area contributed by atoms with Gasteiger partial charge in [0.25, 0.3) is 0 Å². The van der Waals surface area contributed by atoms with Gasteiger partial charge in [0.1, 0.15) is 11.6 Å². The highest BCUT2D eigenvalue weighted by Crippen LogP contribution is 2.22. The Labute approximate surface area is 151 Å². The Bertz CT molecular complexity index is 748. The lowest BCUT2D eigenvalue weighted by molar-refractivity contribution is -0.120. The minimum absolute atomic E-state index is 0.0222. The zero-order valence-electron chi connectivity index (χ0n) is 14.5. The van der Waals surface area contributed by atoms with Crippen LogP contribution in [0, 0.1) is 11.6 Å². The van der Waals surface area contributed by atoms with Gasteiger partial charge in [-0.15, -0.1) is 0 Å². The number of morpholine rings is 1. The summed E-state index contributed by atoms with van der Waals surface area (Å²) in [5.74, 6) is -0.958. The van der Waals surface area contributed by atoms with E-state index in [-0.39, 0.29) is 24.2 Å². The molecule has 2 aromatic rings. The van der Waals surface area contributed by atoms with Crippen molar-refractivity contribution < 1.29 is 18.3 Å². The van der Waals surface area contributed by atoms with Gasteiger partial charge in [-0.3, -0.25) is 9.69 Å². The molecule has 0 unspecified atom stereocenters. The number of hydrogen-bond acceptors (Lipinski definition) is 3. The molecule has 0 aromatic heterocycles. The average molecular weight is 360 g/mol. The van der Waals surface area contributed by atoms with Gasteiger partial charge in [-0.05, 0) is 29.3 Å². The molecule has 2 aromatic carbocycles.